The van der Waals surface area contributed by atoms with Gasteiger partial charge in [-0.05, 0) is 85.9 Å². The molecule has 4 aliphatic carbocycles. The number of hydrogen-bond donors (Lipinski definition) is 0. The van der Waals surface area contributed by atoms with Gasteiger partial charge in [0.1, 0.15) is 0 Å². The summed E-state index contributed by atoms with van der Waals surface area (Å²) >= 11 is 0. The maximum atomic E-state index is 2.54. The van der Waals surface area contributed by atoms with Gasteiger partial charge >= 0.3 is 0 Å². The number of fused-ring (bicyclic) bond motifs is 5. The Morgan fingerprint density at radius 2 is 0.667 bits per heavy atom. The highest BCUT2D eigenvalue weighted by atomic mass is 14.6. The minimum absolute atomic E-state index is 1.05. The lowest BCUT2D eigenvalue weighted by atomic mass is 9.56. The van der Waals surface area contributed by atoms with Crippen molar-refractivity contribution < 1.29 is 0 Å². The van der Waals surface area contributed by atoms with Gasteiger partial charge in [0.05, 0.1) is 0 Å². The van der Waals surface area contributed by atoms with Crippen LogP contribution >= 0.6 is 0 Å². The lowest BCUT2D eigenvalue weighted by Gasteiger charge is -2.49. The summed E-state index contributed by atoms with van der Waals surface area (Å²) in [5.41, 5.74) is 0. The first kappa shape index (κ1) is 11.8. The molecule has 0 spiro atoms. The molecule has 0 heteroatoms. The van der Waals surface area contributed by atoms with E-state index in [0.29, 0.717) is 0 Å². The summed E-state index contributed by atoms with van der Waals surface area (Å²) in [5.74, 6) is 8.96. The molecule has 0 N–H and O–H groups in total. The first-order chi connectivity index (χ1) is 8.75. The van der Waals surface area contributed by atoms with Crippen molar-refractivity contribution in [3.8, 4) is 0 Å². The number of hydrogen-bond acceptors (Lipinski definition) is 0. The van der Waals surface area contributed by atoms with Gasteiger partial charge in [0, 0.05) is 0 Å². The van der Waals surface area contributed by atoms with E-state index < -0.39 is 0 Å². The first-order valence-electron chi connectivity index (χ1n) is 8.75. The van der Waals surface area contributed by atoms with Crippen LogP contribution in [0, 0.1) is 47.3 Å². The summed E-state index contributed by atoms with van der Waals surface area (Å²) in [7, 11) is 0. The highest BCUT2D eigenvalue weighted by molar-refractivity contribution is 5.01. The minimum Gasteiger partial charge on any atom is -0.0622 e. The molecule has 0 aliphatic heterocycles. The molecule has 0 aromatic carbocycles. The average molecular weight is 246 g/mol. The smallest absolute Gasteiger partial charge is 0.0352 e. The van der Waals surface area contributed by atoms with E-state index in [-0.39, 0.29) is 0 Å². The SMILES string of the molecule is CC1CCC2C1CCC1C3CCC(C)[C@@H]3CC[C@H]21. The molecule has 102 valence electrons. The van der Waals surface area contributed by atoms with Crippen LogP contribution in [-0.2, 0) is 0 Å². The molecule has 0 aromatic rings. The van der Waals surface area contributed by atoms with Gasteiger partial charge in [-0.3, -0.25) is 0 Å². The molecule has 0 saturated heterocycles. The predicted molar refractivity (Wildman–Crippen MR) is 76.2 cm³/mol. The molecule has 4 fully saturated rings. The third kappa shape index (κ3) is 1.56. The zero-order chi connectivity index (χ0) is 12.3. The highest BCUT2D eigenvalue weighted by Crippen LogP contribution is 2.60. The van der Waals surface area contributed by atoms with Gasteiger partial charge < -0.3 is 0 Å². The van der Waals surface area contributed by atoms with Crippen molar-refractivity contribution >= 4 is 0 Å². The van der Waals surface area contributed by atoms with E-state index in [1.807, 2.05) is 0 Å². The maximum absolute atomic E-state index is 2.54. The third-order valence-corrected chi connectivity index (χ3v) is 7.79. The van der Waals surface area contributed by atoms with Gasteiger partial charge in [-0.2, -0.15) is 0 Å². The molecule has 0 radical (unpaired) electrons. The molecule has 0 heterocycles. The first-order valence-corrected chi connectivity index (χ1v) is 8.75. The summed E-state index contributed by atoms with van der Waals surface area (Å²) in [6.07, 6.45) is 12.6. The van der Waals surface area contributed by atoms with E-state index >= 15 is 0 Å². The van der Waals surface area contributed by atoms with Gasteiger partial charge in [0.2, 0.25) is 0 Å². The summed E-state index contributed by atoms with van der Waals surface area (Å²) in [6, 6.07) is 0. The van der Waals surface area contributed by atoms with Crippen LogP contribution in [0.1, 0.15) is 65.2 Å². The summed E-state index contributed by atoms with van der Waals surface area (Å²) in [5, 5.41) is 0. The Kier molecular flexibility index (Phi) is 2.79. The van der Waals surface area contributed by atoms with E-state index in [1.165, 1.54) is 0 Å². The van der Waals surface area contributed by atoms with Crippen LogP contribution in [0.5, 0.6) is 0 Å². The normalized spacial score (nSPS) is 59.0. The lowest BCUT2D eigenvalue weighted by Crippen LogP contribution is -2.42. The second kappa shape index (κ2) is 4.25. The Morgan fingerprint density at radius 3 is 1.11 bits per heavy atom. The van der Waals surface area contributed by atoms with Crippen molar-refractivity contribution in [2.75, 3.05) is 0 Å². The van der Waals surface area contributed by atoms with Gasteiger partial charge in [0.15, 0.2) is 0 Å². The zero-order valence-electron chi connectivity index (χ0n) is 12.3. The van der Waals surface area contributed by atoms with Gasteiger partial charge in [0.25, 0.3) is 0 Å². The molecule has 0 nitrogen and oxygen atoms in total. The van der Waals surface area contributed by atoms with E-state index in [1.54, 1.807) is 51.4 Å². The second-order valence-electron chi connectivity index (χ2n) is 8.25. The van der Waals surface area contributed by atoms with E-state index in [4.69, 9.17) is 0 Å². The lowest BCUT2D eigenvalue weighted by molar-refractivity contribution is -0.00224. The van der Waals surface area contributed by atoms with Crippen molar-refractivity contribution in [1.29, 1.82) is 0 Å². The molecule has 4 aliphatic rings. The van der Waals surface area contributed by atoms with E-state index in [0.717, 1.165) is 47.3 Å². The zero-order valence-corrected chi connectivity index (χ0v) is 12.3. The quantitative estimate of drug-likeness (QED) is 0.556. The summed E-state index contributed by atoms with van der Waals surface area (Å²) < 4.78 is 0. The fourth-order valence-electron chi connectivity index (χ4n) is 6.93. The molecule has 6 unspecified atom stereocenters. The van der Waals surface area contributed by atoms with Gasteiger partial charge in [-0.25, -0.2) is 0 Å². The van der Waals surface area contributed by atoms with Crippen molar-refractivity contribution in [1.82, 2.24) is 0 Å². The van der Waals surface area contributed by atoms with Crippen LogP contribution in [0.15, 0.2) is 0 Å². The second-order valence-corrected chi connectivity index (χ2v) is 8.25. The van der Waals surface area contributed by atoms with Crippen LogP contribution in [0.4, 0.5) is 0 Å². The van der Waals surface area contributed by atoms with E-state index in [9.17, 15) is 0 Å². The predicted octanol–water partition coefficient (Wildman–Crippen LogP) is 5.13. The van der Waals surface area contributed by atoms with Gasteiger partial charge in [-0.1, -0.05) is 26.7 Å². The van der Waals surface area contributed by atoms with Crippen molar-refractivity contribution in [3.05, 3.63) is 0 Å². The third-order valence-electron chi connectivity index (χ3n) is 7.79. The van der Waals surface area contributed by atoms with Crippen LogP contribution < -0.4 is 0 Å². The van der Waals surface area contributed by atoms with Crippen LogP contribution in [0.3, 0.4) is 0 Å². The molecule has 8 atom stereocenters. The molecule has 18 heavy (non-hydrogen) atoms. The van der Waals surface area contributed by atoms with Crippen molar-refractivity contribution in [3.63, 3.8) is 0 Å². The molecular formula is C18H30. The van der Waals surface area contributed by atoms with Crippen molar-refractivity contribution in [2.24, 2.45) is 47.3 Å². The summed E-state index contributed by atoms with van der Waals surface area (Å²) in [6.45, 7) is 5.07. The Labute approximate surface area is 113 Å². The molecule has 0 amide bonds. The summed E-state index contributed by atoms with van der Waals surface area (Å²) in [4.78, 5) is 0. The largest absolute Gasteiger partial charge is 0.0622 e. The van der Waals surface area contributed by atoms with Crippen molar-refractivity contribution in [2.45, 2.75) is 65.2 Å². The standard InChI is InChI=1S/C18H30/c1-11-3-5-15-13(11)7-9-18-16-6-4-12(2)14(16)8-10-17(15)18/h11-18H,3-10H2,1-2H3/t11?,12?,13-,14?,15?,16?,17?,18+/m0/s1. The van der Waals surface area contributed by atoms with Gasteiger partial charge in [-0.15, -0.1) is 0 Å². The van der Waals surface area contributed by atoms with Crippen LogP contribution in [0.25, 0.3) is 0 Å². The van der Waals surface area contributed by atoms with E-state index in [2.05, 4.69) is 13.8 Å². The minimum atomic E-state index is 1.05. The van der Waals surface area contributed by atoms with Crippen LogP contribution in [0.2, 0.25) is 0 Å². The van der Waals surface area contributed by atoms with Crippen LogP contribution in [-0.4, -0.2) is 0 Å². The Balaban J connectivity index is 1.57. The number of rotatable bonds is 0. The fraction of sp³-hybridized carbons (Fsp3) is 1.00. The average Bonchev–Trinajstić information content (AvgIpc) is 2.94. The molecule has 4 rings (SSSR count). The maximum Gasteiger partial charge on any atom is -0.0352 e. The Bertz CT molecular complexity index is 288. The topological polar surface area (TPSA) is 0 Å². The Morgan fingerprint density at radius 1 is 0.389 bits per heavy atom. The molecule has 0 aromatic heterocycles. The highest BCUT2D eigenvalue weighted by Gasteiger charge is 2.51. The molecule has 4 saturated carbocycles. The molecular weight excluding hydrogens is 216 g/mol. The monoisotopic (exact) mass is 246 g/mol. The molecule has 0 bridgehead atoms. The fourth-order valence-corrected chi connectivity index (χ4v) is 6.93. The Hall–Kier alpha value is 0.